The number of halogens is 2. The Hall–Kier alpha value is -5.07. The number of imide groups is 2. The molecular weight excluding hydrogens is 969 g/mol. The molecule has 5 amide bonds. The smallest absolute Gasteiger partial charge is 0.266 e. The van der Waals surface area contributed by atoms with Crippen molar-refractivity contribution < 1.29 is 67.0 Å². The summed E-state index contributed by atoms with van der Waals surface area (Å²) in [5.74, 6) is -1.96. The molecule has 4 aliphatic heterocycles. The fourth-order valence-electron chi connectivity index (χ4n) is 8.87. The van der Waals surface area contributed by atoms with Crippen molar-refractivity contribution >= 4 is 58.6 Å². The van der Waals surface area contributed by atoms with E-state index in [-0.39, 0.29) is 83.7 Å². The van der Waals surface area contributed by atoms with E-state index >= 15 is 0 Å². The topological polar surface area (TPSA) is 262 Å². The van der Waals surface area contributed by atoms with Crippen LogP contribution in [0.1, 0.15) is 64.7 Å². The van der Waals surface area contributed by atoms with Gasteiger partial charge in [0.25, 0.3) is 17.7 Å². The molecule has 386 valence electrons. The summed E-state index contributed by atoms with van der Waals surface area (Å²) >= 11 is 13.4. The van der Waals surface area contributed by atoms with Gasteiger partial charge in [-0.05, 0) is 57.4 Å². The first kappa shape index (κ1) is 53.7. The lowest BCUT2D eigenvalue weighted by Gasteiger charge is -2.42. The molecule has 1 spiro atoms. The van der Waals surface area contributed by atoms with Crippen LogP contribution >= 0.6 is 23.2 Å². The van der Waals surface area contributed by atoms with E-state index in [9.17, 15) is 29.1 Å². The number of rotatable bonds is 26. The number of hydrogen-bond donors (Lipinski definition) is 4. The van der Waals surface area contributed by atoms with Crippen LogP contribution in [-0.4, -0.2) is 173 Å². The van der Waals surface area contributed by atoms with Gasteiger partial charge in [-0.1, -0.05) is 29.3 Å². The van der Waals surface area contributed by atoms with E-state index in [0.717, 1.165) is 30.8 Å². The molecule has 5 heterocycles. The van der Waals surface area contributed by atoms with Gasteiger partial charge in [0.15, 0.2) is 12.4 Å². The minimum Gasteiger partial charge on any atom is -0.490 e. The van der Waals surface area contributed by atoms with Gasteiger partial charge in [0.1, 0.15) is 34.9 Å². The molecule has 3 aromatic rings. The number of hydrogen-bond acceptors (Lipinski definition) is 18. The summed E-state index contributed by atoms with van der Waals surface area (Å²) in [6, 6.07) is 6.80. The van der Waals surface area contributed by atoms with Crippen molar-refractivity contribution in [1.82, 2.24) is 25.5 Å². The molecule has 0 radical (unpaired) electrons. The number of carbonyl (C=O) groups excluding carboxylic acids is 5. The van der Waals surface area contributed by atoms with Gasteiger partial charge in [0.2, 0.25) is 11.8 Å². The Morgan fingerprint density at radius 1 is 0.845 bits per heavy atom. The number of benzene rings is 2. The second-order valence-corrected chi connectivity index (χ2v) is 18.1. The van der Waals surface area contributed by atoms with E-state index in [1.165, 1.54) is 18.2 Å². The number of carbonyl (C=O) groups is 5. The molecule has 0 bridgehead atoms. The molecule has 3 saturated heterocycles. The Bertz CT molecular complexity index is 2390. The number of aliphatic hydroxyl groups is 1. The van der Waals surface area contributed by atoms with Gasteiger partial charge in [-0.25, -0.2) is 9.97 Å². The van der Waals surface area contributed by atoms with Crippen LogP contribution in [0.25, 0.3) is 11.3 Å². The number of fused-ring (bicyclic) bond motifs is 1. The first-order valence-corrected chi connectivity index (χ1v) is 24.4. The maximum absolute atomic E-state index is 13.2. The first-order chi connectivity index (χ1) is 34.3. The van der Waals surface area contributed by atoms with Gasteiger partial charge < -0.3 is 59.0 Å². The summed E-state index contributed by atoms with van der Waals surface area (Å²) in [4.78, 5) is 75.1. The van der Waals surface area contributed by atoms with Crippen LogP contribution in [0.4, 0.5) is 5.82 Å². The van der Waals surface area contributed by atoms with E-state index in [1.54, 1.807) is 12.1 Å². The molecule has 1 unspecified atom stereocenters. The SMILES string of the molecule is Cc1nc(N2CCC3(CC2)CO[C@@H](C)[C@H]3N)c(CO)nc1-c1ccc(OCCOCCOCCOCCOCCOCCNC(=O)COc2cccc3c2C(=O)N(C2CCC(=O)NC2=O)C3=O)c(Cl)c1Cl. The van der Waals surface area contributed by atoms with Crippen molar-refractivity contribution in [3.63, 3.8) is 0 Å². The van der Waals surface area contributed by atoms with Gasteiger partial charge in [0.05, 0.1) is 113 Å². The predicted molar refractivity (Wildman–Crippen MR) is 257 cm³/mol. The summed E-state index contributed by atoms with van der Waals surface area (Å²) in [5.41, 5.74) is 8.71. The largest absolute Gasteiger partial charge is 0.490 e. The first-order valence-electron chi connectivity index (χ1n) is 23.7. The number of nitrogens with one attached hydrogen (secondary N) is 2. The van der Waals surface area contributed by atoms with Crippen molar-refractivity contribution in [2.24, 2.45) is 11.1 Å². The van der Waals surface area contributed by atoms with Crippen LogP contribution in [0.3, 0.4) is 0 Å². The van der Waals surface area contributed by atoms with Crippen LogP contribution in [0.15, 0.2) is 30.3 Å². The number of amides is 5. The number of nitrogens with two attached hydrogens (primary N) is 1. The maximum Gasteiger partial charge on any atom is 0.266 e. The van der Waals surface area contributed by atoms with E-state index in [0.29, 0.717) is 100 Å². The molecule has 21 nitrogen and oxygen atoms in total. The van der Waals surface area contributed by atoms with Gasteiger partial charge in [-0.15, -0.1) is 0 Å². The third kappa shape index (κ3) is 13.1. The van der Waals surface area contributed by atoms with Crippen molar-refractivity contribution in [2.45, 2.75) is 64.3 Å². The van der Waals surface area contributed by atoms with E-state index in [2.05, 4.69) is 15.5 Å². The average molecular weight is 1030 g/mol. The van der Waals surface area contributed by atoms with Crippen LogP contribution < -0.4 is 30.7 Å². The van der Waals surface area contributed by atoms with E-state index in [4.69, 9.17) is 76.8 Å². The zero-order valence-electron chi connectivity index (χ0n) is 39.8. The molecule has 23 heteroatoms. The Morgan fingerprint density at radius 2 is 1.49 bits per heavy atom. The highest BCUT2D eigenvalue weighted by Crippen LogP contribution is 2.44. The van der Waals surface area contributed by atoms with Gasteiger partial charge in [0, 0.05) is 43.1 Å². The van der Waals surface area contributed by atoms with Crippen LogP contribution in [0, 0.1) is 12.3 Å². The summed E-state index contributed by atoms with van der Waals surface area (Å²) in [5, 5.41) is 15.6. The Kier molecular flexibility index (Phi) is 19.3. The van der Waals surface area contributed by atoms with Crippen molar-refractivity contribution in [3.8, 4) is 22.8 Å². The van der Waals surface area contributed by atoms with Crippen LogP contribution in [0.5, 0.6) is 11.5 Å². The number of ether oxygens (including phenoxy) is 8. The van der Waals surface area contributed by atoms with Gasteiger partial charge >= 0.3 is 0 Å². The summed E-state index contributed by atoms with van der Waals surface area (Å²) < 4.78 is 45.0. The van der Waals surface area contributed by atoms with Crippen molar-refractivity contribution in [1.29, 1.82) is 0 Å². The average Bonchev–Trinajstić information content (AvgIpc) is 3.78. The Labute approximate surface area is 421 Å². The molecule has 5 N–H and O–H groups in total. The second kappa shape index (κ2) is 25.5. The third-order valence-electron chi connectivity index (χ3n) is 12.8. The number of aliphatic hydroxyl groups excluding tert-OH is 1. The van der Waals surface area contributed by atoms with Crippen molar-refractivity contribution in [2.75, 3.05) is 110 Å². The normalized spacial score (nSPS) is 19.7. The standard InChI is InChI=1S/C48H61Cl2N7O14/c1-29-42(54-33(26-58)44(53-29)56-13-10-48(11-14-56)28-71-30(2)43(48)51)32-6-8-36(41(50)40(32)49)69-25-24-68-23-22-67-21-20-66-19-18-65-17-16-64-15-12-52-38(60)27-70-35-5-3-4-31-39(35)47(63)57(46(31)62)34-7-9-37(59)55-45(34)61/h3-6,8,30,34,43,58H,7,9-28,51H2,1-2H3,(H,52,60)(H,55,59,61)/t30-,34?,43+/m0/s1. The quantitative estimate of drug-likeness (QED) is 0.0665. The van der Waals surface area contributed by atoms with Gasteiger partial charge in [-0.3, -0.25) is 34.2 Å². The van der Waals surface area contributed by atoms with Crippen LogP contribution in [0.2, 0.25) is 10.0 Å². The monoisotopic (exact) mass is 1030 g/mol. The lowest BCUT2D eigenvalue weighted by atomic mass is 9.73. The number of aromatic nitrogens is 2. The van der Waals surface area contributed by atoms with Gasteiger partial charge in [-0.2, -0.15) is 0 Å². The Balaban J connectivity index is 0.678. The molecule has 71 heavy (non-hydrogen) atoms. The summed E-state index contributed by atoms with van der Waals surface area (Å²) in [6.45, 7) is 9.11. The number of piperidine rings is 2. The van der Waals surface area contributed by atoms with Crippen molar-refractivity contribution in [3.05, 3.63) is 62.9 Å². The summed E-state index contributed by atoms with van der Waals surface area (Å²) in [7, 11) is 0. The number of aryl methyl sites for hydroxylation is 1. The fraction of sp³-hybridized carbons (Fsp3) is 0.562. The molecular formula is C48H61Cl2N7O14. The highest BCUT2D eigenvalue weighted by atomic mass is 35.5. The molecule has 2 aromatic carbocycles. The molecule has 1 aromatic heterocycles. The number of anilines is 1. The lowest BCUT2D eigenvalue weighted by Crippen LogP contribution is -2.54. The third-order valence-corrected chi connectivity index (χ3v) is 13.7. The highest BCUT2D eigenvalue weighted by molar-refractivity contribution is 6.44. The summed E-state index contributed by atoms with van der Waals surface area (Å²) in [6.07, 6.45) is 1.81. The minimum absolute atomic E-state index is 0.00196. The minimum atomic E-state index is -1.11. The highest BCUT2D eigenvalue weighted by Gasteiger charge is 2.48. The van der Waals surface area contributed by atoms with E-state index in [1.807, 2.05) is 13.8 Å². The second-order valence-electron chi connectivity index (χ2n) is 17.4. The molecule has 3 atom stereocenters. The predicted octanol–water partition coefficient (Wildman–Crippen LogP) is 2.64. The number of nitrogens with zero attached hydrogens (tertiary/aromatic N) is 4. The maximum atomic E-state index is 13.2. The van der Waals surface area contributed by atoms with Crippen LogP contribution in [-0.2, 0) is 49.4 Å². The zero-order chi connectivity index (χ0) is 50.5. The molecule has 7 rings (SSSR count). The fourth-order valence-corrected chi connectivity index (χ4v) is 9.34. The molecule has 4 aliphatic rings. The molecule has 0 saturated carbocycles. The van der Waals surface area contributed by atoms with E-state index < -0.39 is 42.2 Å². The lowest BCUT2D eigenvalue weighted by molar-refractivity contribution is -0.136. The molecule has 0 aliphatic carbocycles. The Morgan fingerprint density at radius 3 is 2.11 bits per heavy atom. The molecule has 3 fully saturated rings. The zero-order valence-corrected chi connectivity index (χ0v) is 41.4.